The molecule has 0 amide bonds. The SMILES string of the molecule is COc1ccc(NCc2ccc(OCC(F)F)cc2)cc1CO. The first-order chi connectivity index (χ1) is 11.1. The lowest BCUT2D eigenvalue weighted by molar-refractivity contribution is 0.0819. The van der Waals surface area contributed by atoms with Crippen molar-refractivity contribution in [1.82, 2.24) is 0 Å². The Kier molecular flexibility index (Phi) is 6.17. The molecule has 2 N–H and O–H groups in total. The van der Waals surface area contributed by atoms with Gasteiger partial charge in [-0.25, -0.2) is 8.78 Å². The number of anilines is 1. The highest BCUT2D eigenvalue weighted by Gasteiger charge is 2.05. The van der Waals surface area contributed by atoms with Gasteiger partial charge in [-0.15, -0.1) is 0 Å². The van der Waals surface area contributed by atoms with E-state index in [0.717, 1.165) is 11.3 Å². The van der Waals surface area contributed by atoms with Crippen LogP contribution >= 0.6 is 0 Å². The monoisotopic (exact) mass is 323 g/mol. The fourth-order valence-corrected chi connectivity index (χ4v) is 2.08. The van der Waals surface area contributed by atoms with Gasteiger partial charge in [-0.2, -0.15) is 0 Å². The molecule has 124 valence electrons. The topological polar surface area (TPSA) is 50.7 Å². The Balaban J connectivity index is 1.93. The Labute approximate surface area is 133 Å². The fourth-order valence-electron chi connectivity index (χ4n) is 2.08. The van der Waals surface area contributed by atoms with Gasteiger partial charge < -0.3 is 19.9 Å². The largest absolute Gasteiger partial charge is 0.496 e. The third kappa shape index (κ3) is 5.10. The molecule has 4 nitrogen and oxygen atoms in total. The minimum Gasteiger partial charge on any atom is -0.496 e. The average molecular weight is 323 g/mol. The van der Waals surface area contributed by atoms with E-state index in [4.69, 9.17) is 9.47 Å². The van der Waals surface area contributed by atoms with E-state index < -0.39 is 13.0 Å². The van der Waals surface area contributed by atoms with Crippen LogP contribution in [-0.4, -0.2) is 25.2 Å². The molecule has 0 aromatic heterocycles. The number of halogens is 2. The summed E-state index contributed by atoms with van der Waals surface area (Å²) in [5.74, 6) is 1.06. The second-order valence-electron chi connectivity index (χ2n) is 4.88. The number of benzene rings is 2. The van der Waals surface area contributed by atoms with Gasteiger partial charge in [0.2, 0.25) is 0 Å². The first-order valence-electron chi connectivity index (χ1n) is 7.14. The maximum atomic E-state index is 12.1. The summed E-state index contributed by atoms with van der Waals surface area (Å²) in [6, 6.07) is 12.4. The van der Waals surface area contributed by atoms with E-state index in [2.05, 4.69) is 5.32 Å². The van der Waals surface area contributed by atoms with Crippen LogP contribution in [0, 0.1) is 0 Å². The van der Waals surface area contributed by atoms with Crippen LogP contribution in [-0.2, 0) is 13.2 Å². The Morgan fingerprint density at radius 3 is 2.48 bits per heavy atom. The summed E-state index contributed by atoms with van der Waals surface area (Å²) in [7, 11) is 1.55. The fraction of sp³-hybridized carbons (Fsp3) is 0.294. The van der Waals surface area contributed by atoms with Gasteiger partial charge in [0.1, 0.15) is 18.1 Å². The minimum absolute atomic E-state index is 0.102. The Bertz CT molecular complexity index is 618. The highest BCUT2D eigenvalue weighted by Crippen LogP contribution is 2.23. The molecule has 0 radical (unpaired) electrons. The number of hydrogen-bond acceptors (Lipinski definition) is 4. The lowest BCUT2D eigenvalue weighted by Gasteiger charge is -2.11. The van der Waals surface area contributed by atoms with Crippen LogP contribution in [0.5, 0.6) is 11.5 Å². The molecule has 0 aliphatic rings. The third-order valence-electron chi connectivity index (χ3n) is 3.25. The van der Waals surface area contributed by atoms with E-state index >= 15 is 0 Å². The van der Waals surface area contributed by atoms with Gasteiger partial charge >= 0.3 is 0 Å². The number of nitrogens with one attached hydrogen (secondary N) is 1. The molecule has 2 aromatic rings. The standard InChI is InChI=1S/C17H19F2NO3/c1-22-16-7-4-14(8-13(16)10-21)20-9-12-2-5-15(6-3-12)23-11-17(18)19/h2-8,17,20-21H,9-11H2,1H3. The van der Waals surface area contributed by atoms with E-state index in [1.54, 1.807) is 25.3 Å². The first kappa shape index (κ1) is 17.0. The number of alkyl halides is 2. The van der Waals surface area contributed by atoms with Crippen LogP contribution in [0.4, 0.5) is 14.5 Å². The van der Waals surface area contributed by atoms with Gasteiger partial charge in [0.05, 0.1) is 13.7 Å². The number of ether oxygens (including phenoxy) is 2. The van der Waals surface area contributed by atoms with Gasteiger partial charge in [-0.05, 0) is 35.9 Å². The molecule has 0 bridgehead atoms. The Hall–Kier alpha value is -2.34. The summed E-state index contributed by atoms with van der Waals surface area (Å²) in [4.78, 5) is 0. The number of aliphatic hydroxyl groups is 1. The highest BCUT2D eigenvalue weighted by atomic mass is 19.3. The van der Waals surface area contributed by atoms with Crippen LogP contribution in [0.1, 0.15) is 11.1 Å². The summed E-state index contributed by atoms with van der Waals surface area (Å²) >= 11 is 0. The molecular weight excluding hydrogens is 304 g/mol. The quantitative estimate of drug-likeness (QED) is 0.781. The van der Waals surface area contributed by atoms with E-state index in [1.165, 1.54) is 0 Å². The van der Waals surface area contributed by atoms with Crippen molar-refractivity contribution in [2.75, 3.05) is 19.0 Å². The van der Waals surface area contributed by atoms with E-state index in [0.29, 0.717) is 23.6 Å². The molecule has 2 rings (SSSR count). The predicted molar refractivity (Wildman–Crippen MR) is 84.2 cm³/mol. The molecule has 0 heterocycles. The first-order valence-corrected chi connectivity index (χ1v) is 7.14. The molecule has 0 saturated heterocycles. The molecule has 23 heavy (non-hydrogen) atoms. The van der Waals surface area contributed by atoms with Crippen molar-refractivity contribution in [1.29, 1.82) is 0 Å². The lowest BCUT2D eigenvalue weighted by Crippen LogP contribution is -2.07. The predicted octanol–water partition coefficient (Wildman–Crippen LogP) is 3.44. The Morgan fingerprint density at radius 2 is 1.87 bits per heavy atom. The lowest BCUT2D eigenvalue weighted by atomic mass is 10.1. The maximum absolute atomic E-state index is 12.1. The van der Waals surface area contributed by atoms with Crippen molar-refractivity contribution in [2.24, 2.45) is 0 Å². The summed E-state index contributed by atoms with van der Waals surface area (Å²) in [6.07, 6.45) is -2.48. The second kappa shape index (κ2) is 8.33. The molecule has 2 aromatic carbocycles. The Morgan fingerprint density at radius 1 is 1.13 bits per heavy atom. The van der Waals surface area contributed by atoms with E-state index in [1.807, 2.05) is 24.3 Å². The molecule has 6 heteroatoms. The van der Waals surface area contributed by atoms with Crippen molar-refractivity contribution < 1.29 is 23.4 Å². The minimum atomic E-state index is -2.48. The zero-order chi connectivity index (χ0) is 16.7. The van der Waals surface area contributed by atoms with Gasteiger partial charge in [-0.3, -0.25) is 0 Å². The van der Waals surface area contributed by atoms with E-state index in [9.17, 15) is 13.9 Å². The van der Waals surface area contributed by atoms with Gasteiger partial charge in [0.15, 0.2) is 0 Å². The van der Waals surface area contributed by atoms with Crippen LogP contribution in [0.25, 0.3) is 0 Å². The summed E-state index contributed by atoms with van der Waals surface area (Å²) in [6.45, 7) is -0.144. The van der Waals surface area contributed by atoms with Crippen LogP contribution in [0.15, 0.2) is 42.5 Å². The zero-order valence-electron chi connectivity index (χ0n) is 12.8. The number of aliphatic hydroxyl groups excluding tert-OH is 1. The van der Waals surface area contributed by atoms with Gasteiger partial charge in [0, 0.05) is 17.8 Å². The van der Waals surface area contributed by atoms with Crippen molar-refractivity contribution in [3.8, 4) is 11.5 Å². The van der Waals surface area contributed by atoms with Crippen molar-refractivity contribution in [3.63, 3.8) is 0 Å². The highest BCUT2D eigenvalue weighted by molar-refractivity contribution is 5.51. The number of methoxy groups -OCH3 is 1. The van der Waals surface area contributed by atoms with Crippen molar-refractivity contribution in [3.05, 3.63) is 53.6 Å². The second-order valence-corrected chi connectivity index (χ2v) is 4.88. The summed E-state index contributed by atoms with van der Waals surface area (Å²) < 4.78 is 34.2. The summed E-state index contributed by atoms with van der Waals surface area (Å²) in [5, 5.41) is 12.5. The van der Waals surface area contributed by atoms with Crippen LogP contribution in [0.3, 0.4) is 0 Å². The maximum Gasteiger partial charge on any atom is 0.272 e. The van der Waals surface area contributed by atoms with Crippen LogP contribution < -0.4 is 14.8 Å². The zero-order valence-corrected chi connectivity index (χ0v) is 12.8. The molecule has 0 aliphatic carbocycles. The molecule has 0 unspecified atom stereocenters. The molecule has 0 atom stereocenters. The molecule has 0 spiro atoms. The number of rotatable bonds is 8. The molecular formula is C17H19F2NO3. The van der Waals surface area contributed by atoms with Crippen molar-refractivity contribution >= 4 is 5.69 Å². The van der Waals surface area contributed by atoms with Crippen molar-refractivity contribution in [2.45, 2.75) is 19.6 Å². The van der Waals surface area contributed by atoms with Gasteiger partial charge in [-0.1, -0.05) is 12.1 Å². The smallest absolute Gasteiger partial charge is 0.272 e. The molecule has 0 saturated carbocycles. The molecule has 0 aliphatic heterocycles. The normalized spacial score (nSPS) is 10.7. The van der Waals surface area contributed by atoms with Crippen LogP contribution in [0.2, 0.25) is 0 Å². The average Bonchev–Trinajstić information content (AvgIpc) is 2.58. The molecule has 0 fully saturated rings. The third-order valence-corrected chi connectivity index (χ3v) is 3.25. The van der Waals surface area contributed by atoms with E-state index in [-0.39, 0.29) is 6.61 Å². The number of hydrogen-bond donors (Lipinski definition) is 2. The summed E-state index contributed by atoms with van der Waals surface area (Å²) in [5.41, 5.74) is 2.54. The van der Waals surface area contributed by atoms with Gasteiger partial charge in [0.25, 0.3) is 6.43 Å².